The number of carbonyl (C=O) groups excluding carboxylic acids is 1. The van der Waals surface area contributed by atoms with E-state index < -0.39 is 0 Å². The molecule has 10 nitrogen and oxygen atoms in total. The maximum absolute atomic E-state index is 12.5. The van der Waals surface area contributed by atoms with Crippen molar-refractivity contribution in [3.63, 3.8) is 0 Å². The van der Waals surface area contributed by atoms with E-state index in [0.29, 0.717) is 38.8 Å². The summed E-state index contributed by atoms with van der Waals surface area (Å²) in [5.74, 6) is 0.717. The van der Waals surface area contributed by atoms with Crippen LogP contribution < -0.4 is 19.9 Å². The van der Waals surface area contributed by atoms with Crippen molar-refractivity contribution in [1.29, 1.82) is 5.26 Å². The molecule has 0 spiro atoms. The lowest BCUT2D eigenvalue weighted by atomic mass is 10.0. The Kier molecular flexibility index (Phi) is 8.22. The minimum atomic E-state index is -0.234. The highest BCUT2D eigenvalue weighted by atomic mass is 16.5. The van der Waals surface area contributed by atoms with Crippen LogP contribution in [0.2, 0.25) is 0 Å². The van der Waals surface area contributed by atoms with Crippen LogP contribution in [0, 0.1) is 11.3 Å². The minimum Gasteiger partial charge on any atom is -0.462 e. The van der Waals surface area contributed by atoms with Gasteiger partial charge >= 0.3 is 6.01 Å². The van der Waals surface area contributed by atoms with Crippen LogP contribution in [0.1, 0.15) is 17.7 Å². The van der Waals surface area contributed by atoms with E-state index in [-0.39, 0.29) is 24.4 Å². The molecule has 3 aliphatic rings. The van der Waals surface area contributed by atoms with Gasteiger partial charge in [0, 0.05) is 62.5 Å². The van der Waals surface area contributed by atoms with Crippen LogP contribution in [-0.4, -0.2) is 97.2 Å². The molecule has 1 amide bonds. The van der Waals surface area contributed by atoms with Crippen molar-refractivity contribution >= 4 is 28.2 Å². The third kappa shape index (κ3) is 5.75. The maximum atomic E-state index is 12.5. The summed E-state index contributed by atoms with van der Waals surface area (Å²) in [7, 11) is 2.12. The van der Waals surface area contributed by atoms with Gasteiger partial charge in [-0.25, -0.2) is 0 Å². The third-order valence-corrected chi connectivity index (χ3v) is 8.57. The van der Waals surface area contributed by atoms with E-state index in [0.717, 1.165) is 49.7 Å². The SMILES string of the molecule is C=CC(=O)N1CCN(c2nc(OC[C@@H]3CN(C)CCN3)nc3c2CCN(c2cccc4ccccc24)C3)CC1CC#N. The van der Waals surface area contributed by atoms with Crippen LogP contribution in [0.3, 0.4) is 0 Å². The zero-order valence-electron chi connectivity index (χ0n) is 24.2. The van der Waals surface area contributed by atoms with Crippen LogP contribution in [0.5, 0.6) is 6.01 Å². The normalized spacial score (nSPS) is 21.1. The number of hydrogen-bond donors (Lipinski definition) is 1. The number of piperazine rings is 2. The van der Waals surface area contributed by atoms with Gasteiger partial charge in [0.1, 0.15) is 12.4 Å². The molecule has 1 N–H and O–H groups in total. The van der Waals surface area contributed by atoms with Crippen molar-refractivity contribution in [1.82, 2.24) is 25.1 Å². The van der Waals surface area contributed by atoms with Crippen molar-refractivity contribution in [2.75, 3.05) is 69.3 Å². The van der Waals surface area contributed by atoms with Crippen molar-refractivity contribution in [3.05, 3.63) is 66.4 Å². The molecule has 2 fully saturated rings. The molecule has 0 radical (unpaired) electrons. The topological polar surface area (TPSA) is 101 Å². The molecule has 10 heteroatoms. The third-order valence-electron chi connectivity index (χ3n) is 8.57. The standard InChI is InChI=1S/C32H38N8O2/c1-3-30(41)40-18-17-39(20-25(40)11-13-33)31-27-12-15-38(29-10-6-8-23-7-4-5-9-26(23)29)21-28(27)35-32(36-31)42-22-24-19-37(2)16-14-34-24/h3-10,24-25,34H,1,11-12,14-22H2,2H3/t24-,25?/m0/s1. The van der Waals surface area contributed by atoms with Crippen LogP contribution >= 0.6 is 0 Å². The smallest absolute Gasteiger partial charge is 0.318 e. The summed E-state index contributed by atoms with van der Waals surface area (Å²) in [5.41, 5.74) is 3.28. The molecule has 3 aliphatic heterocycles. The molecule has 2 atom stereocenters. The van der Waals surface area contributed by atoms with Crippen LogP contribution in [0.25, 0.3) is 10.8 Å². The summed E-state index contributed by atoms with van der Waals surface area (Å²) in [4.78, 5) is 31.1. The molecule has 2 aromatic carbocycles. The summed E-state index contributed by atoms with van der Waals surface area (Å²) in [6.07, 6.45) is 2.37. The van der Waals surface area contributed by atoms with Crippen molar-refractivity contribution in [2.24, 2.45) is 0 Å². The number of nitrogens with one attached hydrogen (secondary N) is 1. The second-order valence-electron chi connectivity index (χ2n) is 11.3. The molecule has 1 aromatic heterocycles. The van der Waals surface area contributed by atoms with Crippen LogP contribution in [-0.2, 0) is 17.8 Å². The number of fused-ring (bicyclic) bond motifs is 2. The second-order valence-corrected chi connectivity index (χ2v) is 11.3. The van der Waals surface area contributed by atoms with Crippen LogP contribution in [0.4, 0.5) is 11.5 Å². The van der Waals surface area contributed by atoms with Gasteiger partial charge in [-0.15, -0.1) is 0 Å². The maximum Gasteiger partial charge on any atom is 0.318 e. The monoisotopic (exact) mass is 566 g/mol. The second kappa shape index (κ2) is 12.3. The van der Waals surface area contributed by atoms with E-state index in [1.165, 1.54) is 22.5 Å². The Morgan fingerprint density at radius 2 is 1.98 bits per heavy atom. The Balaban J connectivity index is 1.31. The van der Waals surface area contributed by atoms with Gasteiger partial charge in [-0.3, -0.25) is 4.79 Å². The van der Waals surface area contributed by atoms with E-state index >= 15 is 0 Å². The highest BCUT2D eigenvalue weighted by Crippen LogP contribution is 2.34. The quantitative estimate of drug-likeness (QED) is 0.433. The molecular weight excluding hydrogens is 528 g/mol. The lowest BCUT2D eigenvalue weighted by Crippen LogP contribution is -2.55. The summed E-state index contributed by atoms with van der Waals surface area (Å²) in [5, 5.41) is 15.5. The Morgan fingerprint density at radius 1 is 1.12 bits per heavy atom. The van der Waals surface area contributed by atoms with Gasteiger partial charge in [0.15, 0.2) is 0 Å². The molecule has 6 rings (SSSR count). The van der Waals surface area contributed by atoms with Crippen LogP contribution in [0.15, 0.2) is 55.1 Å². The number of benzene rings is 2. The molecular formula is C32H38N8O2. The van der Waals surface area contributed by atoms with E-state index in [9.17, 15) is 10.1 Å². The highest BCUT2D eigenvalue weighted by Gasteiger charge is 2.33. The van der Waals surface area contributed by atoms with Gasteiger partial charge in [0.05, 0.1) is 36.8 Å². The minimum absolute atomic E-state index is 0.140. The van der Waals surface area contributed by atoms with E-state index in [1.807, 2.05) is 0 Å². The number of amides is 1. The van der Waals surface area contributed by atoms with E-state index in [4.69, 9.17) is 14.7 Å². The molecule has 42 heavy (non-hydrogen) atoms. The molecule has 218 valence electrons. The fraction of sp³-hybridized carbons (Fsp3) is 0.438. The molecule has 1 unspecified atom stereocenters. The molecule has 2 saturated heterocycles. The Bertz CT molecular complexity index is 1500. The van der Waals surface area contributed by atoms with Gasteiger partial charge in [0.25, 0.3) is 0 Å². The number of ether oxygens (including phenoxy) is 1. The van der Waals surface area contributed by atoms with Crippen molar-refractivity contribution in [2.45, 2.75) is 31.5 Å². The number of aromatic nitrogens is 2. The van der Waals surface area contributed by atoms with Crippen molar-refractivity contribution in [3.8, 4) is 12.1 Å². The number of rotatable bonds is 7. The number of hydrogen-bond acceptors (Lipinski definition) is 9. The zero-order chi connectivity index (χ0) is 29.1. The van der Waals surface area contributed by atoms with Gasteiger partial charge in [-0.1, -0.05) is 43.0 Å². The molecule has 4 heterocycles. The Labute approximate surface area is 247 Å². The lowest BCUT2D eigenvalue weighted by molar-refractivity contribution is -0.128. The van der Waals surface area contributed by atoms with E-state index in [1.54, 1.807) is 4.90 Å². The number of nitriles is 1. The predicted molar refractivity (Wildman–Crippen MR) is 164 cm³/mol. The number of nitrogens with zero attached hydrogens (tertiary/aromatic N) is 7. The first-order valence-electron chi connectivity index (χ1n) is 14.8. The number of carbonyl (C=O) groups is 1. The van der Waals surface area contributed by atoms with E-state index in [2.05, 4.69) is 82.2 Å². The summed E-state index contributed by atoms with van der Waals surface area (Å²) in [6, 6.07) is 17.5. The van der Waals surface area contributed by atoms with Gasteiger partial charge in [0.2, 0.25) is 5.91 Å². The number of likely N-dealkylation sites (N-methyl/N-ethyl adjacent to an activating group) is 1. The molecule has 0 aliphatic carbocycles. The largest absolute Gasteiger partial charge is 0.462 e. The fourth-order valence-corrected chi connectivity index (χ4v) is 6.42. The van der Waals surface area contributed by atoms with Gasteiger partial charge in [-0.05, 0) is 31.0 Å². The lowest BCUT2D eigenvalue weighted by Gasteiger charge is -2.42. The molecule has 0 saturated carbocycles. The Hall–Kier alpha value is -4.20. The predicted octanol–water partition coefficient (Wildman–Crippen LogP) is 2.59. The number of anilines is 2. The highest BCUT2D eigenvalue weighted by molar-refractivity contribution is 5.94. The first-order valence-corrected chi connectivity index (χ1v) is 14.8. The summed E-state index contributed by atoms with van der Waals surface area (Å²) >= 11 is 0. The summed E-state index contributed by atoms with van der Waals surface area (Å²) in [6.45, 7) is 10.1. The zero-order valence-corrected chi connectivity index (χ0v) is 24.2. The molecule has 0 bridgehead atoms. The van der Waals surface area contributed by atoms with Gasteiger partial charge < -0.3 is 29.7 Å². The Morgan fingerprint density at radius 3 is 2.81 bits per heavy atom. The first kappa shape index (κ1) is 27.9. The first-order chi connectivity index (χ1) is 20.5. The van der Waals surface area contributed by atoms with Gasteiger partial charge in [-0.2, -0.15) is 15.2 Å². The average molecular weight is 567 g/mol. The summed E-state index contributed by atoms with van der Waals surface area (Å²) < 4.78 is 6.27. The molecule has 3 aromatic rings. The average Bonchev–Trinajstić information content (AvgIpc) is 3.02. The van der Waals surface area contributed by atoms with Crippen molar-refractivity contribution < 1.29 is 9.53 Å². The fourth-order valence-electron chi connectivity index (χ4n) is 6.42.